The van der Waals surface area contributed by atoms with Crippen LogP contribution in [0.5, 0.6) is 0 Å². The topological polar surface area (TPSA) is 69.7 Å². The summed E-state index contributed by atoms with van der Waals surface area (Å²) in [6.07, 6.45) is 5.28. The standard InChI is InChI=1S/C24H33N3O3S/c1-4-23(27(31(3,29)30)22-10-8-9-19(2)17-22)24(28)25-18-20-11-13-21(14-12-20)26-15-6-5-7-16-26/h8-14,17,23H,4-7,15-16,18H2,1-3H3,(H,25,28). The van der Waals surface area contributed by atoms with E-state index in [0.717, 1.165) is 30.5 Å². The van der Waals surface area contributed by atoms with Crippen LogP contribution in [0, 0.1) is 6.92 Å². The molecule has 6 nitrogen and oxygen atoms in total. The third kappa shape index (κ3) is 6.00. The lowest BCUT2D eigenvalue weighted by Crippen LogP contribution is -2.49. The number of hydrogen-bond acceptors (Lipinski definition) is 4. The molecule has 0 saturated carbocycles. The summed E-state index contributed by atoms with van der Waals surface area (Å²) in [5.74, 6) is -0.297. The van der Waals surface area contributed by atoms with E-state index in [1.165, 1.54) is 29.3 Å². The Balaban J connectivity index is 1.69. The molecule has 7 heteroatoms. The maximum absolute atomic E-state index is 13.0. The number of aryl methyl sites for hydroxylation is 1. The van der Waals surface area contributed by atoms with E-state index in [0.29, 0.717) is 18.7 Å². The largest absolute Gasteiger partial charge is 0.372 e. The van der Waals surface area contributed by atoms with Gasteiger partial charge in [-0.2, -0.15) is 0 Å². The molecule has 0 bridgehead atoms. The Labute approximate surface area is 186 Å². The van der Waals surface area contributed by atoms with E-state index < -0.39 is 16.1 Å². The lowest BCUT2D eigenvalue weighted by atomic mass is 10.1. The average Bonchev–Trinajstić information content (AvgIpc) is 2.75. The Hall–Kier alpha value is -2.54. The lowest BCUT2D eigenvalue weighted by molar-refractivity contribution is -0.122. The van der Waals surface area contributed by atoms with Crippen molar-refractivity contribution in [2.24, 2.45) is 0 Å². The minimum atomic E-state index is -3.63. The lowest BCUT2D eigenvalue weighted by Gasteiger charge is -2.30. The molecule has 1 N–H and O–H groups in total. The van der Waals surface area contributed by atoms with Crippen LogP contribution in [-0.4, -0.2) is 39.7 Å². The van der Waals surface area contributed by atoms with Gasteiger partial charge in [0.1, 0.15) is 6.04 Å². The van der Waals surface area contributed by atoms with Crippen molar-refractivity contribution >= 4 is 27.3 Å². The summed E-state index contributed by atoms with van der Waals surface area (Å²) in [5, 5.41) is 2.93. The highest BCUT2D eigenvalue weighted by Crippen LogP contribution is 2.24. The zero-order valence-electron chi connectivity index (χ0n) is 18.7. The molecule has 1 saturated heterocycles. The molecule has 3 rings (SSSR count). The minimum absolute atomic E-state index is 0.297. The highest BCUT2D eigenvalue weighted by molar-refractivity contribution is 7.92. The third-order valence-corrected chi connectivity index (χ3v) is 6.89. The summed E-state index contributed by atoms with van der Waals surface area (Å²) in [5.41, 5.74) is 3.65. The number of rotatable bonds is 8. The normalized spacial score (nSPS) is 15.4. The van der Waals surface area contributed by atoms with E-state index in [9.17, 15) is 13.2 Å². The van der Waals surface area contributed by atoms with Crippen LogP contribution >= 0.6 is 0 Å². The first-order valence-electron chi connectivity index (χ1n) is 11.0. The van der Waals surface area contributed by atoms with Gasteiger partial charge in [0, 0.05) is 25.3 Å². The molecule has 1 atom stereocenters. The number of sulfonamides is 1. The number of piperidine rings is 1. The predicted octanol–water partition coefficient (Wildman–Crippen LogP) is 3.85. The zero-order valence-corrected chi connectivity index (χ0v) is 19.5. The van der Waals surface area contributed by atoms with Gasteiger partial charge in [-0.25, -0.2) is 8.42 Å². The Bertz CT molecular complexity index is 983. The van der Waals surface area contributed by atoms with Crippen LogP contribution in [0.3, 0.4) is 0 Å². The van der Waals surface area contributed by atoms with Crippen molar-refractivity contribution in [2.45, 2.75) is 52.1 Å². The molecule has 2 aromatic carbocycles. The van der Waals surface area contributed by atoms with Crippen molar-refractivity contribution in [1.29, 1.82) is 0 Å². The molecule has 0 spiro atoms. The molecular weight excluding hydrogens is 410 g/mol. The van der Waals surface area contributed by atoms with E-state index in [1.807, 2.05) is 32.0 Å². The highest BCUT2D eigenvalue weighted by atomic mass is 32.2. The number of anilines is 2. The number of amides is 1. The number of nitrogens with one attached hydrogen (secondary N) is 1. The van der Waals surface area contributed by atoms with Crippen molar-refractivity contribution in [1.82, 2.24) is 5.32 Å². The van der Waals surface area contributed by atoms with Gasteiger partial charge in [0.15, 0.2) is 0 Å². The van der Waals surface area contributed by atoms with Crippen molar-refractivity contribution in [3.63, 3.8) is 0 Å². The van der Waals surface area contributed by atoms with E-state index in [-0.39, 0.29) is 5.91 Å². The summed E-state index contributed by atoms with van der Waals surface area (Å²) in [4.78, 5) is 15.4. The predicted molar refractivity (Wildman–Crippen MR) is 127 cm³/mol. The Morgan fingerprint density at radius 1 is 1.10 bits per heavy atom. The number of benzene rings is 2. The maximum atomic E-state index is 13.0. The van der Waals surface area contributed by atoms with E-state index >= 15 is 0 Å². The molecule has 0 aromatic heterocycles. The second kappa shape index (κ2) is 10.2. The van der Waals surface area contributed by atoms with E-state index in [1.54, 1.807) is 18.2 Å². The van der Waals surface area contributed by atoms with E-state index in [2.05, 4.69) is 22.3 Å². The van der Waals surface area contributed by atoms with Gasteiger partial charge < -0.3 is 10.2 Å². The smallest absolute Gasteiger partial charge is 0.244 e. The van der Waals surface area contributed by atoms with Crippen molar-refractivity contribution in [3.05, 3.63) is 59.7 Å². The molecule has 168 valence electrons. The second-order valence-electron chi connectivity index (χ2n) is 8.25. The maximum Gasteiger partial charge on any atom is 0.244 e. The minimum Gasteiger partial charge on any atom is -0.372 e. The van der Waals surface area contributed by atoms with Gasteiger partial charge in [-0.15, -0.1) is 0 Å². The summed E-state index contributed by atoms with van der Waals surface area (Å²) < 4.78 is 26.3. The molecule has 31 heavy (non-hydrogen) atoms. The van der Waals surface area contributed by atoms with Crippen molar-refractivity contribution < 1.29 is 13.2 Å². The fraction of sp³-hybridized carbons (Fsp3) is 0.458. The molecule has 1 aliphatic rings. The molecule has 0 radical (unpaired) electrons. The summed E-state index contributed by atoms with van der Waals surface area (Å²) in [6.45, 7) is 6.27. The van der Waals surface area contributed by atoms with Crippen LogP contribution < -0.4 is 14.5 Å². The van der Waals surface area contributed by atoms with Gasteiger partial charge in [0.25, 0.3) is 0 Å². The Kier molecular flexibility index (Phi) is 7.59. The third-order valence-electron chi connectivity index (χ3n) is 5.71. The van der Waals surface area contributed by atoms with Gasteiger partial charge in [-0.1, -0.05) is 31.2 Å². The van der Waals surface area contributed by atoms with Gasteiger partial charge in [0.2, 0.25) is 15.9 Å². The fourth-order valence-electron chi connectivity index (χ4n) is 4.11. The number of hydrogen-bond donors (Lipinski definition) is 1. The summed E-state index contributed by atoms with van der Waals surface area (Å²) >= 11 is 0. The molecule has 0 aliphatic carbocycles. The monoisotopic (exact) mass is 443 g/mol. The SMILES string of the molecule is CCC(C(=O)NCc1ccc(N2CCCCC2)cc1)N(c1cccc(C)c1)S(C)(=O)=O. The van der Waals surface area contributed by atoms with Crippen LogP contribution in [0.4, 0.5) is 11.4 Å². The van der Waals surface area contributed by atoms with Crippen LogP contribution in [-0.2, 0) is 21.4 Å². The van der Waals surface area contributed by atoms with Gasteiger partial charge in [-0.3, -0.25) is 9.10 Å². The molecule has 2 aromatic rings. The number of nitrogens with zero attached hydrogens (tertiary/aromatic N) is 2. The van der Waals surface area contributed by atoms with Crippen LogP contribution in [0.1, 0.15) is 43.7 Å². The number of carbonyl (C=O) groups excluding carboxylic acids is 1. The van der Waals surface area contributed by atoms with E-state index in [4.69, 9.17) is 0 Å². The van der Waals surface area contributed by atoms with Crippen LogP contribution in [0.25, 0.3) is 0 Å². The Morgan fingerprint density at radius 3 is 2.35 bits per heavy atom. The van der Waals surface area contributed by atoms with Gasteiger partial charge >= 0.3 is 0 Å². The molecule has 1 amide bonds. The molecule has 1 fully saturated rings. The molecule has 1 heterocycles. The molecule has 1 aliphatic heterocycles. The quantitative estimate of drug-likeness (QED) is 0.673. The highest BCUT2D eigenvalue weighted by Gasteiger charge is 2.31. The van der Waals surface area contributed by atoms with Gasteiger partial charge in [-0.05, 0) is 68.0 Å². The number of carbonyl (C=O) groups is 1. The average molecular weight is 444 g/mol. The van der Waals surface area contributed by atoms with Gasteiger partial charge in [0.05, 0.1) is 11.9 Å². The van der Waals surface area contributed by atoms with Crippen molar-refractivity contribution in [2.75, 3.05) is 28.6 Å². The molecular formula is C24H33N3O3S. The fourth-order valence-corrected chi connectivity index (χ4v) is 5.31. The first-order chi connectivity index (χ1) is 14.8. The van der Waals surface area contributed by atoms with Crippen molar-refractivity contribution in [3.8, 4) is 0 Å². The second-order valence-corrected chi connectivity index (χ2v) is 10.1. The zero-order chi connectivity index (χ0) is 22.4. The van der Waals surface area contributed by atoms with Crippen LogP contribution in [0.2, 0.25) is 0 Å². The Morgan fingerprint density at radius 2 is 1.77 bits per heavy atom. The molecule has 1 unspecified atom stereocenters. The summed E-state index contributed by atoms with van der Waals surface area (Å²) in [7, 11) is -3.63. The van der Waals surface area contributed by atoms with Crippen LogP contribution in [0.15, 0.2) is 48.5 Å². The summed E-state index contributed by atoms with van der Waals surface area (Å²) in [6, 6.07) is 14.7. The first-order valence-corrected chi connectivity index (χ1v) is 12.8. The first kappa shape index (κ1) is 23.1.